The highest BCUT2D eigenvalue weighted by molar-refractivity contribution is 5.35. The lowest BCUT2D eigenvalue weighted by atomic mass is 10.1. The number of aromatic nitrogens is 3. The van der Waals surface area contributed by atoms with E-state index in [-0.39, 0.29) is 12.3 Å². The number of ether oxygens (including phenoxy) is 1. The molecular weight excluding hydrogens is 308 g/mol. The Bertz CT molecular complexity index is 781. The van der Waals surface area contributed by atoms with E-state index in [1.54, 1.807) is 11.6 Å². The van der Waals surface area contributed by atoms with E-state index in [9.17, 15) is 9.90 Å². The second kappa shape index (κ2) is 6.78. The van der Waals surface area contributed by atoms with E-state index in [0.29, 0.717) is 19.6 Å². The molecule has 0 amide bonds. The third-order valence-corrected chi connectivity index (χ3v) is 4.33. The van der Waals surface area contributed by atoms with Gasteiger partial charge in [-0.05, 0) is 31.0 Å². The van der Waals surface area contributed by atoms with Crippen LogP contribution in [0.25, 0.3) is 0 Å². The molecule has 1 aromatic heterocycles. The molecule has 1 aliphatic rings. The van der Waals surface area contributed by atoms with E-state index in [0.717, 1.165) is 29.2 Å². The third-order valence-electron chi connectivity index (χ3n) is 4.33. The first-order valence-electron chi connectivity index (χ1n) is 8.17. The first-order valence-corrected chi connectivity index (χ1v) is 8.17. The largest absolute Gasteiger partial charge is 0.491 e. The van der Waals surface area contributed by atoms with Crippen LogP contribution in [0.3, 0.4) is 0 Å². The molecule has 0 saturated carbocycles. The topological polar surface area (TPSA) is 72.5 Å². The summed E-state index contributed by atoms with van der Waals surface area (Å²) in [5.41, 5.74) is 2.11. The SMILES string of the molecule is Cc1ccc(C)c(OCC(O)CN2CCn3c(nn(C)c3=O)C2)c1. The van der Waals surface area contributed by atoms with Crippen molar-refractivity contribution < 1.29 is 9.84 Å². The van der Waals surface area contributed by atoms with Crippen LogP contribution in [0, 0.1) is 13.8 Å². The summed E-state index contributed by atoms with van der Waals surface area (Å²) in [6.07, 6.45) is -0.591. The highest BCUT2D eigenvalue weighted by Crippen LogP contribution is 2.19. The molecule has 24 heavy (non-hydrogen) atoms. The van der Waals surface area contributed by atoms with Gasteiger partial charge in [0.05, 0.1) is 6.54 Å². The predicted molar refractivity (Wildman–Crippen MR) is 90.2 cm³/mol. The summed E-state index contributed by atoms with van der Waals surface area (Å²) in [6.45, 7) is 6.64. The van der Waals surface area contributed by atoms with Gasteiger partial charge in [-0.2, -0.15) is 5.10 Å². The van der Waals surface area contributed by atoms with Crippen molar-refractivity contribution in [1.29, 1.82) is 0 Å². The van der Waals surface area contributed by atoms with Gasteiger partial charge in [0.15, 0.2) is 0 Å². The number of fused-ring (bicyclic) bond motifs is 1. The second-order valence-electron chi connectivity index (χ2n) is 6.44. The minimum absolute atomic E-state index is 0.0801. The summed E-state index contributed by atoms with van der Waals surface area (Å²) in [5.74, 6) is 1.56. The smallest absolute Gasteiger partial charge is 0.345 e. The average Bonchev–Trinajstić information content (AvgIpc) is 2.82. The molecule has 1 aliphatic heterocycles. The first kappa shape index (κ1) is 16.7. The zero-order valence-corrected chi connectivity index (χ0v) is 14.4. The fraction of sp³-hybridized carbons (Fsp3) is 0.529. The molecule has 1 atom stereocenters. The number of nitrogens with zero attached hydrogens (tertiary/aromatic N) is 4. The summed E-state index contributed by atoms with van der Waals surface area (Å²) in [4.78, 5) is 13.9. The van der Waals surface area contributed by atoms with E-state index in [4.69, 9.17) is 4.74 Å². The van der Waals surface area contributed by atoms with Crippen LogP contribution in [0.15, 0.2) is 23.0 Å². The van der Waals surface area contributed by atoms with Crippen LogP contribution in [0.2, 0.25) is 0 Å². The number of aliphatic hydroxyl groups excluding tert-OH is 1. The molecule has 0 spiro atoms. The van der Waals surface area contributed by atoms with Crippen molar-refractivity contribution in [3.05, 3.63) is 45.6 Å². The van der Waals surface area contributed by atoms with E-state index < -0.39 is 6.10 Å². The number of aliphatic hydroxyl groups is 1. The van der Waals surface area contributed by atoms with E-state index >= 15 is 0 Å². The Balaban J connectivity index is 1.55. The van der Waals surface area contributed by atoms with E-state index in [1.807, 2.05) is 32.0 Å². The van der Waals surface area contributed by atoms with Crippen molar-refractivity contribution in [3.8, 4) is 5.75 Å². The molecule has 7 heteroatoms. The summed E-state index contributed by atoms with van der Waals surface area (Å²) in [6, 6.07) is 6.04. The maximum atomic E-state index is 11.8. The molecule has 7 nitrogen and oxygen atoms in total. The summed E-state index contributed by atoms with van der Waals surface area (Å²) < 4.78 is 8.81. The fourth-order valence-electron chi connectivity index (χ4n) is 2.97. The lowest BCUT2D eigenvalue weighted by molar-refractivity contribution is 0.0579. The van der Waals surface area contributed by atoms with Crippen LogP contribution in [0.4, 0.5) is 0 Å². The Hall–Kier alpha value is -2.12. The molecule has 0 fully saturated rings. The van der Waals surface area contributed by atoms with Crippen molar-refractivity contribution in [3.63, 3.8) is 0 Å². The molecule has 3 rings (SSSR count). The predicted octanol–water partition coefficient (Wildman–Crippen LogP) is 0.454. The van der Waals surface area contributed by atoms with Gasteiger partial charge in [-0.1, -0.05) is 12.1 Å². The highest BCUT2D eigenvalue weighted by Gasteiger charge is 2.22. The van der Waals surface area contributed by atoms with Gasteiger partial charge >= 0.3 is 5.69 Å². The Morgan fingerprint density at radius 3 is 2.92 bits per heavy atom. The minimum Gasteiger partial charge on any atom is -0.491 e. The second-order valence-corrected chi connectivity index (χ2v) is 6.44. The number of hydrogen-bond donors (Lipinski definition) is 1. The standard InChI is InChI=1S/C17H24N4O3/c1-12-4-5-13(2)15(8-12)24-11-14(22)9-20-6-7-21-16(10-20)18-19(3)17(21)23/h4-5,8,14,22H,6-7,9-11H2,1-3H3. The van der Waals surface area contributed by atoms with Crippen molar-refractivity contribution >= 4 is 0 Å². The van der Waals surface area contributed by atoms with Crippen molar-refractivity contribution in [2.75, 3.05) is 19.7 Å². The van der Waals surface area contributed by atoms with Crippen LogP contribution in [0.1, 0.15) is 17.0 Å². The quantitative estimate of drug-likeness (QED) is 0.861. The van der Waals surface area contributed by atoms with Gasteiger partial charge in [-0.15, -0.1) is 0 Å². The van der Waals surface area contributed by atoms with Crippen LogP contribution < -0.4 is 10.4 Å². The summed E-state index contributed by atoms with van der Waals surface area (Å²) in [7, 11) is 1.66. The van der Waals surface area contributed by atoms with Crippen molar-refractivity contribution in [2.24, 2.45) is 7.05 Å². The number of benzene rings is 1. The molecule has 1 unspecified atom stereocenters. The lowest BCUT2D eigenvalue weighted by Crippen LogP contribution is -2.42. The molecule has 0 bridgehead atoms. The number of β-amino-alcohol motifs (C(OH)–C–C–N with tert-alkyl or cyclic N) is 1. The fourth-order valence-corrected chi connectivity index (χ4v) is 2.97. The Kier molecular flexibility index (Phi) is 4.73. The molecule has 130 valence electrons. The van der Waals surface area contributed by atoms with Crippen LogP contribution >= 0.6 is 0 Å². The Labute approximate surface area is 141 Å². The van der Waals surface area contributed by atoms with Gasteiger partial charge in [0.1, 0.15) is 24.3 Å². The maximum Gasteiger partial charge on any atom is 0.345 e. The molecule has 1 aromatic carbocycles. The number of aryl methyl sites for hydroxylation is 3. The van der Waals surface area contributed by atoms with Gasteiger partial charge in [0.2, 0.25) is 0 Å². The Morgan fingerprint density at radius 2 is 2.12 bits per heavy atom. The van der Waals surface area contributed by atoms with Crippen LogP contribution in [-0.2, 0) is 20.1 Å². The normalized spacial score (nSPS) is 16.0. The van der Waals surface area contributed by atoms with Gasteiger partial charge < -0.3 is 9.84 Å². The summed E-state index contributed by atoms with van der Waals surface area (Å²) in [5, 5.41) is 14.5. The highest BCUT2D eigenvalue weighted by atomic mass is 16.5. The van der Waals surface area contributed by atoms with Crippen molar-refractivity contribution in [2.45, 2.75) is 33.0 Å². The zero-order valence-electron chi connectivity index (χ0n) is 14.4. The van der Waals surface area contributed by atoms with Crippen LogP contribution in [0.5, 0.6) is 5.75 Å². The monoisotopic (exact) mass is 332 g/mol. The number of hydrogen-bond acceptors (Lipinski definition) is 5. The molecular formula is C17H24N4O3. The third kappa shape index (κ3) is 3.52. The lowest BCUT2D eigenvalue weighted by Gasteiger charge is -2.28. The molecule has 0 aliphatic carbocycles. The van der Waals surface area contributed by atoms with Gasteiger partial charge in [-0.25, -0.2) is 9.48 Å². The molecule has 0 radical (unpaired) electrons. The minimum atomic E-state index is -0.591. The molecule has 2 aromatic rings. The zero-order chi connectivity index (χ0) is 17.3. The van der Waals surface area contributed by atoms with Gasteiger partial charge in [0.25, 0.3) is 0 Å². The average molecular weight is 332 g/mol. The van der Waals surface area contributed by atoms with E-state index in [2.05, 4.69) is 10.00 Å². The molecule has 0 saturated heterocycles. The molecule has 2 heterocycles. The van der Waals surface area contributed by atoms with Gasteiger partial charge in [-0.3, -0.25) is 9.47 Å². The number of rotatable bonds is 5. The van der Waals surface area contributed by atoms with Crippen LogP contribution in [-0.4, -0.2) is 50.2 Å². The first-order chi connectivity index (χ1) is 11.4. The molecule has 1 N–H and O–H groups in total. The van der Waals surface area contributed by atoms with Crippen molar-refractivity contribution in [1.82, 2.24) is 19.2 Å². The van der Waals surface area contributed by atoms with Gasteiger partial charge in [0, 0.05) is 26.7 Å². The van der Waals surface area contributed by atoms with E-state index in [1.165, 1.54) is 4.68 Å². The Morgan fingerprint density at radius 1 is 1.33 bits per heavy atom. The maximum absolute atomic E-state index is 11.8. The summed E-state index contributed by atoms with van der Waals surface area (Å²) >= 11 is 0.